The van der Waals surface area contributed by atoms with Gasteiger partial charge in [-0.25, -0.2) is 4.79 Å². The van der Waals surface area contributed by atoms with Gasteiger partial charge in [0.2, 0.25) is 5.84 Å². The number of carbonyl (C=O) groups excluding carboxylic acids is 1. The summed E-state index contributed by atoms with van der Waals surface area (Å²) in [4.78, 5) is 16.9. The van der Waals surface area contributed by atoms with Crippen LogP contribution in [0, 0.1) is 0 Å². The molecule has 1 heterocycles. The Hall–Kier alpha value is -3.56. The molecule has 0 saturated carbocycles. The predicted octanol–water partition coefficient (Wildman–Crippen LogP) is 6.05. The standard InChI is InChI=1S/C28H28ClF3N4O2/c1-2-38-27(37)26(34-33-24-19-22(28(30,31)32)13-14-23(24)29)36-17-15-35(16-18-36)25(20-9-5-3-6-10-20)21-11-7-4-8-12-21/h3-14,19,25,33H,2,15-18H2,1H3/b34-26-. The Morgan fingerprint density at radius 2 is 1.55 bits per heavy atom. The minimum absolute atomic E-state index is 0.0176. The smallest absolute Gasteiger partial charge is 0.416 e. The van der Waals surface area contributed by atoms with Gasteiger partial charge in [0, 0.05) is 26.2 Å². The molecule has 0 amide bonds. The maximum Gasteiger partial charge on any atom is 0.416 e. The van der Waals surface area contributed by atoms with Crippen LogP contribution in [0.4, 0.5) is 18.9 Å². The van der Waals surface area contributed by atoms with Gasteiger partial charge in [0.05, 0.1) is 28.9 Å². The Morgan fingerprint density at radius 1 is 0.974 bits per heavy atom. The highest BCUT2D eigenvalue weighted by atomic mass is 35.5. The van der Waals surface area contributed by atoms with E-state index in [1.165, 1.54) is 0 Å². The first-order valence-corrected chi connectivity index (χ1v) is 12.6. The number of anilines is 1. The number of hydrazone groups is 1. The number of halogens is 4. The molecule has 0 spiro atoms. The van der Waals surface area contributed by atoms with E-state index in [1.54, 1.807) is 11.8 Å². The van der Waals surface area contributed by atoms with Gasteiger partial charge in [-0.05, 0) is 36.2 Å². The third-order valence-electron chi connectivity index (χ3n) is 6.24. The first kappa shape index (κ1) is 27.5. The van der Waals surface area contributed by atoms with Gasteiger partial charge in [0.1, 0.15) is 0 Å². The minimum Gasteiger partial charge on any atom is -0.460 e. The summed E-state index contributed by atoms with van der Waals surface area (Å²) in [6.45, 7) is 3.98. The van der Waals surface area contributed by atoms with Crippen molar-refractivity contribution in [2.24, 2.45) is 5.10 Å². The fraction of sp³-hybridized carbons (Fsp3) is 0.286. The molecule has 4 rings (SSSR count). The Balaban J connectivity index is 1.55. The average molecular weight is 545 g/mol. The van der Waals surface area contributed by atoms with E-state index in [0.29, 0.717) is 26.2 Å². The molecule has 0 aromatic heterocycles. The zero-order chi connectivity index (χ0) is 27.1. The summed E-state index contributed by atoms with van der Waals surface area (Å²) in [6, 6.07) is 23.3. The summed E-state index contributed by atoms with van der Waals surface area (Å²) >= 11 is 6.09. The highest BCUT2D eigenvalue weighted by Crippen LogP contribution is 2.34. The average Bonchev–Trinajstić information content (AvgIpc) is 2.91. The molecule has 1 aliphatic heterocycles. The van der Waals surface area contributed by atoms with E-state index < -0.39 is 17.7 Å². The van der Waals surface area contributed by atoms with Crippen molar-refractivity contribution in [1.82, 2.24) is 9.80 Å². The van der Waals surface area contributed by atoms with Crippen molar-refractivity contribution in [3.8, 4) is 0 Å². The fourth-order valence-corrected chi connectivity index (χ4v) is 4.58. The van der Waals surface area contributed by atoms with Crippen LogP contribution in [-0.4, -0.2) is 54.4 Å². The van der Waals surface area contributed by atoms with Crippen molar-refractivity contribution in [3.05, 3.63) is 101 Å². The summed E-state index contributed by atoms with van der Waals surface area (Å²) in [5.74, 6) is -0.685. The lowest BCUT2D eigenvalue weighted by Crippen LogP contribution is -2.52. The lowest BCUT2D eigenvalue weighted by Gasteiger charge is -2.40. The number of rotatable bonds is 6. The van der Waals surface area contributed by atoms with E-state index in [4.69, 9.17) is 16.3 Å². The van der Waals surface area contributed by atoms with Crippen LogP contribution in [0.25, 0.3) is 0 Å². The number of amidine groups is 1. The summed E-state index contributed by atoms with van der Waals surface area (Å²) < 4.78 is 44.7. The fourth-order valence-electron chi connectivity index (χ4n) is 4.42. The quantitative estimate of drug-likeness (QED) is 0.177. The number of piperazine rings is 1. The Kier molecular flexibility index (Phi) is 8.91. The van der Waals surface area contributed by atoms with Crippen molar-refractivity contribution in [2.45, 2.75) is 19.1 Å². The largest absolute Gasteiger partial charge is 0.460 e. The van der Waals surface area contributed by atoms with Gasteiger partial charge in [0.25, 0.3) is 0 Å². The summed E-state index contributed by atoms with van der Waals surface area (Å²) in [7, 11) is 0. The van der Waals surface area contributed by atoms with Gasteiger partial charge in [-0.15, -0.1) is 5.10 Å². The molecule has 0 unspecified atom stereocenters. The monoisotopic (exact) mass is 544 g/mol. The first-order valence-electron chi connectivity index (χ1n) is 12.2. The molecule has 6 nitrogen and oxygen atoms in total. The highest BCUT2D eigenvalue weighted by Gasteiger charge is 2.32. The molecule has 10 heteroatoms. The van der Waals surface area contributed by atoms with Crippen LogP contribution < -0.4 is 5.43 Å². The molecule has 1 N–H and O–H groups in total. The zero-order valence-corrected chi connectivity index (χ0v) is 21.5. The number of carbonyl (C=O) groups is 1. The molecule has 0 atom stereocenters. The molecule has 200 valence electrons. The summed E-state index contributed by atoms with van der Waals surface area (Å²) in [6.07, 6.45) is -4.54. The molecule has 1 fully saturated rings. The van der Waals surface area contributed by atoms with E-state index in [2.05, 4.69) is 39.7 Å². The Labute approximate surface area is 224 Å². The lowest BCUT2D eigenvalue weighted by atomic mass is 9.96. The number of nitrogens with one attached hydrogen (secondary N) is 1. The number of hydrogen-bond acceptors (Lipinski definition) is 5. The van der Waals surface area contributed by atoms with Crippen LogP contribution in [0.5, 0.6) is 0 Å². The van der Waals surface area contributed by atoms with Gasteiger partial charge in [0.15, 0.2) is 0 Å². The third kappa shape index (κ3) is 6.65. The number of alkyl halides is 3. The van der Waals surface area contributed by atoms with Crippen molar-refractivity contribution < 1.29 is 22.7 Å². The van der Waals surface area contributed by atoms with Crippen LogP contribution in [0.15, 0.2) is 84.0 Å². The first-order chi connectivity index (χ1) is 18.3. The van der Waals surface area contributed by atoms with Gasteiger partial charge in [-0.3, -0.25) is 10.3 Å². The number of esters is 1. The highest BCUT2D eigenvalue weighted by molar-refractivity contribution is 6.35. The van der Waals surface area contributed by atoms with Crippen molar-refractivity contribution in [3.63, 3.8) is 0 Å². The van der Waals surface area contributed by atoms with Crippen molar-refractivity contribution in [1.29, 1.82) is 0 Å². The van der Waals surface area contributed by atoms with E-state index in [1.807, 2.05) is 36.4 Å². The van der Waals surface area contributed by atoms with Crippen LogP contribution in [0.2, 0.25) is 5.02 Å². The summed E-state index contributed by atoms with van der Waals surface area (Å²) in [5, 5.41) is 4.20. The molecule has 0 bridgehead atoms. The van der Waals surface area contributed by atoms with E-state index in [0.717, 1.165) is 29.3 Å². The van der Waals surface area contributed by atoms with Crippen LogP contribution >= 0.6 is 11.6 Å². The van der Waals surface area contributed by atoms with Gasteiger partial charge in [-0.2, -0.15) is 13.2 Å². The molecular formula is C28H28ClF3N4O2. The van der Waals surface area contributed by atoms with Gasteiger partial charge in [-0.1, -0.05) is 72.3 Å². The normalized spacial score (nSPS) is 15.0. The van der Waals surface area contributed by atoms with Crippen LogP contribution in [-0.2, 0) is 15.7 Å². The molecule has 0 radical (unpaired) electrons. The second-order valence-corrected chi connectivity index (χ2v) is 9.11. The Morgan fingerprint density at radius 3 is 2.08 bits per heavy atom. The molecule has 1 saturated heterocycles. The second-order valence-electron chi connectivity index (χ2n) is 8.71. The number of hydrogen-bond donors (Lipinski definition) is 1. The second kappa shape index (κ2) is 12.3. The van der Waals surface area contributed by atoms with Crippen molar-refractivity contribution >= 4 is 29.1 Å². The number of benzene rings is 3. The van der Waals surface area contributed by atoms with Gasteiger partial charge >= 0.3 is 12.1 Å². The molecular weight excluding hydrogens is 517 g/mol. The van der Waals surface area contributed by atoms with E-state index >= 15 is 0 Å². The van der Waals surface area contributed by atoms with Crippen molar-refractivity contribution in [2.75, 3.05) is 38.2 Å². The molecule has 3 aromatic rings. The number of nitrogens with zero attached hydrogens (tertiary/aromatic N) is 3. The maximum atomic E-state index is 13.2. The van der Waals surface area contributed by atoms with E-state index in [-0.39, 0.29) is 29.2 Å². The summed E-state index contributed by atoms with van der Waals surface area (Å²) in [5.41, 5.74) is 3.93. The van der Waals surface area contributed by atoms with E-state index in [9.17, 15) is 18.0 Å². The predicted molar refractivity (Wildman–Crippen MR) is 142 cm³/mol. The zero-order valence-electron chi connectivity index (χ0n) is 20.8. The van der Waals surface area contributed by atoms with Gasteiger partial charge < -0.3 is 9.64 Å². The van der Waals surface area contributed by atoms with Crippen LogP contribution in [0.3, 0.4) is 0 Å². The molecule has 3 aromatic carbocycles. The van der Waals surface area contributed by atoms with Crippen LogP contribution in [0.1, 0.15) is 29.7 Å². The SMILES string of the molecule is CCOC(=O)/C(=N/Nc1cc(C(F)(F)F)ccc1Cl)N1CCN(C(c2ccccc2)c2ccccc2)CC1. The Bertz CT molecular complexity index is 1210. The minimum atomic E-state index is -4.54. The lowest BCUT2D eigenvalue weighted by molar-refractivity contribution is -0.138. The number of ether oxygens (including phenoxy) is 1. The third-order valence-corrected chi connectivity index (χ3v) is 6.57. The molecule has 1 aliphatic rings. The maximum absolute atomic E-state index is 13.2. The topological polar surface area (TPSA) is 57.2 Å². The molecule has 38 heavy (non-hydrogen) atoms. The molecule has 0 aliphatic carbocycles.